The van der Waals surface area contributed by atoms with Gasteiger partial charge in [0.1, 0.15) is 12.7 Å². The first-order valence-corrected chi connectivity index (χ1v) is 10.1. The van der Waals surface area contributed by atoms with Crippen LogP contribution in [0.3, 0.4) is 0 Å². The van der Waals surface area contributed by atoms with Crippen LogP contribution in [-0.4, -0.2) is 53.4 Å². The molecule has 2 aliphatic rings. The number of aliphatic hydroxyl groups is 1. The van der Waals surface area contributed by atoms with Gasteiger partial charge in [-0.3, -0.25) is 0 Å². The zero-order chi connectivity index (χ0) is 18.9. The van der Waals surface area contributed by atoms with Crippen LogP contribution in [0.2, 0.25) is 0 Å². The average Bonchev–Trinajstić information content (AvgIpc) is 3.18. The molecular formula is C23H26N2O3. The van der Waals surface area contributed by atoms with E-state index in [0.29, 0.717) is 19.1 Å². The third-order valence-corrected chi connectivity index (χ3v) is 6.05. The molecular weight excluding hydrogens is 352 g/mol. The fourth-order valence-electron chi connectivity index (χ4n) is 4.47. The fourth-order valence-corrected chi connectivity index (χ4v) is 4.47. The van der Waals surface area contributed by atoms with Crippen molar-refractivity contribution in [2.45, 2.75) is 31.0 Å². The smallest absolute Gasteiger partial charge is 0.161 e. The lowest BCUT2D eigenvalue weighted by Gasteiger charge is -2.36. The van der Waals surface area contributed by atoms with E-state index in [1.807, 2.05) is 24.3 Å². The molecule has 2 aromatic carbocycles. The standard InChI is InChI=1S/C23H26N2O3/c26-20(23-15-27-21-7-3-4-8-22(21)28-23)14-25-11-9-16(10-12-25)18-13-24-19-6-2-1-5-17(18)19/h1-8,13,16,20,23-24,26H,9-12,14-15H2. The van der Waals surface area contributed by atoms with Gasteiger partial charge < -0.3 is 24.5 Å². The van der Waals surface area contributed by atoms with Gasteiger partial charge in [0.15, 0.2) is 17.6 Å². The van der Waals surface area contributed by atoms with Gasteiger partial charge in [-0.1, -0.05) is 30.3 Å². The number of aliphatic hydroxyl groups excluding tert-OH is 1. The number of likely N-dealkylation sites (tertiary alicyclic amines) is 1. The van der Waals surface area contributed by atoms with Gasteiger partial charge in [0.25, 0.3) is 0 Å². The largest absolute Gasteiger partial charge is 0.486 e. The van der Waals surface area contributed by atoms with Crippen molar-refractivity contribution in [2.24, 2.45) is 0 Å². The molecule has 2 N–H and O–H groups in total. The summed E-state index contributed by atoms with van der Waals surface area (Å²) < 4.78 is 11.7. The number of nitrogens with zero attached hydrogens (tertiary/aromatic N) is 1. The summed E-state index contributed by atoms with van der Waals surface area (Å²) in [5, 5.41) is 12.0. The molecule has 2 unspecified atom stereocenters. The Hall–Kier alpha value is -2.50. The highest BCUT2D eigenvalue weighted by Gasteiger charge is 2.30. The van der Waals surface area contributed by atoms with Gasteiger partial charge in [-0.15, -0.1) is 0 Å². The number of aromatic nitrogens is 1. The zero-order valence-corrected chi connectivity index (χ0v) is 15.9. The molecule has 0 radical (unpaired) electrons. The van der Waals surface area contributed by atoms with Gasteiger partial charge >= 0.3 is 0 Å². The maximum Gasteiger partial charge on any atom is 0.161 e. The number of benzene rings is 2. The third-order valence-electron chi connectivity index (χ3n) is 6.05. The Morgan fingerprint density at radius 1 is 1.04 bits per heavy atom. The van der Waals surface area contributed by atoms with Crippen LogP contribution in [0.25, 0.3) is 10.9 Å². The van der Waals surface area contributed by atoms with E-state index in [-0.39, 0.29) is 6.10 Å². The molecule has 0 aliphatic carbocycles. The minimum Gasteiger partial charge on any atom is -0.486 e. The van der Waals surface area contributed by atoms with Gasteiger partial charge in [-0.2, -0.15) is 0 Å². The quantitative estimate of drug-likeness (QED) is 0.729. The van der Waals surface area contributed by atoms with E-state index in [2.05, 4.69) is 40.3 Å². The molecule has 3 heterocycles. The van der Waals surface area contributed by atoms with Gasteiger partial charge in [0.2, 0.25) is 0 Å². The van der Waals surface area contributed by atoms with E-state index in [1.54, 1.807) is 0 Å². The molecule has 2 aliphatic heterocycles. The first-order chi connectivity index (χ1) is 13.8. The minimum absolute atomic E-state index is 0.318. The van der Waals surface area contributed by atoms with Crippen molar-refractivity contribution in [3.63, 3.8) is 0 Å². The first kappa shape index (κ1) is 17.6. The Balaban J connectivity index is 1.17. The summed E-state index contributed by atoms with van der Waals surface area (Å²) in [6.45, 7) is 3.00. The SMILES string of the molecule is OC(CN1CCC(c2c[nH]c3ccccc23)CC1)C1COc2ccccc2O1. The Morgan fingerprint density at radius 3 is 2.64 bits per heavy atom. The number of para-hydroxylation sites is 3. The Bertz CT molecular complexity index is 946. The highest BCUT2D eigenvalue weighted by Crippen LogP contribution is 2.34. The molecule has 1 saturated heterocycles. The molecule has 28 heavy (non-hydrogen) atoms. The lowest BCUT2D eigenvalue weighted by atomic mass is 9.89. The summed E-state index contributed by atoms with van der Waals surface area (Å²) >= 11 is 0. The number of piperidine rings is 1. The number of H-pyrrole nitrogens is 1. The van der Waals surface area contributed by atoms with Crippen LogP contribution in [0.1, 0.15) is 24.3 Å². The van der Waals surface area contributed by atoms with Crippen molar-refractivity contribution in [3.8, 4) is 11.5 Å². The summed E-state index contributed by atoms with van der Waals surface area (Å²) in [4.78, 5) is 5.74. The van der Waals surface area contributed by atoms with Crippen LogP contribution in [0.4, 0.5) is 0 Å². The predicted molar refractivity (Wildman–Crippen MR) is 109 cm³/mol. The van der Waals surface area contributed by atoms with Crippen molar-refractivity contribution in [1.82, 2.24) is 9.88 Å². The second-order valence-electron chi connectivity index (χ2n) is 7.85. The van der Waals surface area contributed by atoms with Crippen LogP contribution < -0.4 is 9.47 Å². The number of fused-ring (bicyclic) bond motifs is 2. The number of hydrogen-bond acceptors (Lipinski definition) is 4. The number of ether oxygens (including phenoxy) is 2. The first-order valence-electron chi connectivity index (χ1n) is 10.1. The summed E-state index contributed by atoms with van der Waals surface area (Å²) in [7, 11) is 0. The maximum absolute atomic E-state index is 10.7. The van der Waals surface area contributed by atoms with Gasteiger partial charge in [-0.05, 0) is 55.6 Å². The number of rotatable bonds is 4. The predicted octanol–water partition coefficient (Wildman–Crippen LogP) is 3.55. The highest BCUT2D eigenvalue weighted by molar-refractivity contribution is 5.83. The van der Waals surface area contributed by atoms with Gasteiger partial charge in [-0.25, -0.2) is 0 Å². The molecule has 0 saturated carbocycles. The van der Waals surface area contributed by atoms with E-state index >= 15 is 0 Å². The normalized spacial score (nSPS) is 21.7. The van der Waals surface area contributed by atoms with Crippen molar-refractivity contribution in [2.75, 3.05) is 26.2 Å². The van der Waals surface area contributed by atoms with Crippen molar-refractivity contribution < 1.29 is 14.6 Å². The monoisotopic (exact) mass is 378 g/mol. The molecule has 5 heteroatoms. The van der Waals surface area contributed by atoms with Crippen LogP contribution in [0.15, 0.2) is 54.7 Å². The lowest BCUT2D eigenvalue weighted by Crippen LogP contribution is -2.47. The molecule has 1 fully saturated rings. The highest BCUT2D eigenvalue weighted by atomic mass is 16.6. The molecule has 0 bridgehead atoms. The molecule has 5 rings (SSSR count). The van der Waals surface area contributed by atoms with Crippen molar-refractivity contribution in [3.05, 3.63) is 60.3 Å². The number of β-amino-alcohol motifs (C(OH)–C–C–N with tert-alkyl or cyclic N) is 1. The van der Waals surface area contributed by atoms with E-state index in [0.717, 1.165) is 37.4 Å². The second kappa shape index (κ2) is 7.49. The van der Waals surface area contributed by atoms with E-state index < -0.39 is 6.10 Å². The number of aromatic amines is 1. The Morgan fingerprint density at radius 2 is 1.79 bits per heavy atom. The van der Waals surface area contributed by atoms with E-state index in [4.69, 9.17) is 9.47 Å². The van der Waals surface area contributed by atoms with Crippen molar-refractivity contribution >= 4 is 10.9 Å². The molecule has 0 spiro atoms. The second-order valence-corrected chi connectivity index (χ2v) is 7.85. The van der Waals surface area contributed by atoms with E-state index in [1.165, 1.54) is 16.5 Å². The zero-order valence-electron chi connectivity index (χ0n) is 15.9. The van der Waals surface area contributed by atoms with Gasteiger partial charge in [0, 0.05) is 23.6 Å². The minimum atomic E-state index is -0.557. The molecule has 0 amide bonds. The number of hydrogen-bond donors (Lipinski definition) is 2. The van der Waals surface area contributed by atoms with Gasteiger partial charge in [0.05, 0.1) is 0 Å². The van der Waals surface area contributed by atoms with Crippen LogP contribution >= 0.6 is 0 Å². The molecule has 146 valence electrons. The van der Waals surface area contributed by atoms with Crippen LogP contribution in [-0.2, 0) is 0 Å². The molecule has 1 aromatic heterocycles. The van der Waals surface area contributed by atoms with Crippen molar-refractivity contribution in [1.29, 1.82) is 0 Å². The number of nitrogens with one attached hydrogen (secondary N) is 1. The van der Waals surface area contributed by atoms with Crippen LogP contribution in [0, 0.1) is 0 Å². The topological polar surface area (TPSA) is 57.7 Å². The Labute approximate surface area is 164 Å². The molecule has 2 atom stereocenters. The van der Waals surface area contributed by atoms with Crippen LogP contribution in [0.5, 0.6) is 11.5 Å². The Kier molecular flexibility index (Phi) is 4.71. The summed E-state index contributed by atoms with van der Waals surface area (Å²) in [6, 6.07) is 16.2. The summed E-state index contributed by atoms with van der Waals surface area (Å²) in [5.41, 5.74) is 2.64. The van der Waals surface area contributed by atoms with E-state index in [9.17, 15) is 5.11 Å². The summed E-state index contributed by atoms with van der Waals surface area (Å²) in [6.07, 6.45) is 3.52. The average molecular weight is 378 g/mol. The molecule has 5 nitrogen and oxygen atoms in total. The molecule has 3 aromatic rings. The third kappa shape index (κ3) is 3.36. The maximum atomic E-state index is 10.7. The summed E-state index contributed by atoms with van der Waals surface area (Å²) in [5.74, 6) is 2.05. The lowest BCUT2D eigenvalue weighted by molar-refractivity contribution is -0.0280. The fraction of sp³-hybridized carbons (Fsp3) is 0.391.